The van der Waals surface area contributed by atoms with Crippen LogP contribution in [0.2, 0.25) is 0 Å². The number of amides is 1. The van der Waals surface area contributed by atoms with Crippen LogP contribution in [0.25, 0.3) is 0 Å². The van der Waals surface area contributed by atoms with Crippen LogP contribution in [0, 0.1) is 11.7 Å². The van der Waals surface area contributed by atoms with Gasteiger partial charge in [0.05, 0.1) is 18.8 Å². The van der Waals surface area contributed by atoms with Gasteiger partial charge in [0.25, 0.3) is 5.91 Å². The number of hydrogen-bond donors (Lipinski definition) is 1. The highest BCUT2D eigenvalue weighted by Gasteiger charge is 2.43. The van der Waals surface area contributed by atoms with E-state index in [1.807, 2.05) is 6.92 Å². The van der Waals surface area contributed by atoms with Crippen LogP contribution in [-0.4, -0.2) is 47.8 Å². The molecule has 0 radical (unpaired) electrons. The normalized spacial score (nSPS) is 27.6. The molecule has 2 fully saturated rings. The number of aromatic nitrogens is 2. The molecule has 1 aromatic heterocycles. The van der Waals surface area contributed by atoms with Crippen molar-refractivity contribution in [1.29, 1.82) is 0 Å². The fourth-order valence-electron chi connectivity index (χ4n) is 3.83. The molecule has 1 aromatic carbocycles. The maximum absolute atomic E-state index is 12.9. The molecule has 2 aliphatic rings. The predicted molar refractivity (Wildman–Crippen MR) is 104 cm³/mol. The minimum absolute atomic E-state index is 0.0298. The van der Waals surface area contributed by atoms with Gasteiger partial charge in [0.1, 0.15) is 17.7 Å². The molecule has 8 nitrogen and oxygen atoms in total. The fraction of sp³-hybridized carbons (Fsp3) is 0.571. The molecule has 0 spiro atoms. The number of carbonyl (C=O) groups is 1. The maximum Gasteiger partial charge on any atom is 0.522 e. The highest BCUT2D eigenvalue weighted by Crippen LogP contribution is 2.41. The molecule has 3 atom stereocenters. The van der Waals surface area contributed by atoms with E-state index in [1.165, 1.54) is 24.3 Å². The van der Waals surface area contributed by atoms with Gasteiger partial charge in [0.2, 0.25) is 11.8 Å². The largest absolute Gasteiger partial charge is 0.522 e. The van der Waals surface area contributed by atoms with E-state index in [0.717, 1.165) is 0 Å². The molecule has 4 rings (SSSR count). The molecule has 180 valence electrons. The monoisotopic (exact) mass is 473 g/mol. The van der Waals surface area contributed by atoms with Gasteiger partial charge < -0.3 is 19.2 Å². The summed E-state index contributed by atoms with van der Waals surface area (Å²) in [6.45, 7) is 1.95. The van der Waals surface area contributed by atoms with Crippen LogP contribution in [0.3, 0.4) is 0 Å². The highest BCUT2D eigenvalue weighted by atomic mass is 19.4. The minimum atomic E-state index is -4.65. The van der Waals surface area contributed by atoms with Gasteiger partial charge in [-0.15, -0.1) is 23.4 Å². The molecule has 1 N–H and O–H groups in total. The molecular weight excluding hydrogens is 450 g/mol. The van der Waals surface area contributed by atoms with Crippen LogP contribution in [0.5, 0.6) is 5.75 Å². The first-order chi connectivity index (χ1) is 15.7. The van der Waals surface area contributed by atoms with Gasteiger partial charge >= 0.3 is 6.36 Å². The van der Waals surface area contributed by atoms with Crippen molar-refractivity contribution in [2.24, 2.45) is 5.92 Å². The third kappa shape index (κ3) is 6.20. The number of benzene rings is 1. The summed E-state index contributed by atoms with van der Waals surface area (Å²) < 4.78 is 70.4. The van der Waals surface area contributed by atoms with Gasteiger partial charge in [-0.25, -0.2) is 4.39 Å². The Hall–Kier alpha value is -2.73. The van der Waals surface area contributed by atoms with Crippen molar-refractivity contribution in [3.05, 3.63) is 41.9 Å². The zero-order valence-electron chi connectivity index (χ0n) is 17.7. The van der Waals surface area contributed by atoms with E-state index in [1.54, 1.807) is 0 Å². The Morgan fingerprint density at radius 1 is 1.15 bits per heavy atom. The Balaban J connectivity index is 1.22. The Bertz CT molecular complexity index is 946. The van der Waals surface area contributed by atoms with Gasteiger partial charge in [0.15, 0.2) is 6.61 Å². The highest BCUT2D eigenvalue weighted by molar-refractivity contribution is 5.77. The van der Waals surface area contributed by atoms with Crippen LogP contribution >= 0.6 is 0 Å². The van der Waals surface area contributed by atoms with E-state index in [4.69, 9.17) is 13.9 Å². The first-order valence-electron chi connectivity index (χ1n) is 10.5. The van der Waals surface area contributed by atoms with Gasteiger partial charge in [-0.05, 0) is 49.4 Å². The van der Waals surface area contributed by atoms with Crippen molar-refractivity contribution in [1.82, 2.24) is 15.5 Å². The molecular formula is C21H23F4N3O5. The molecule has 1 aliphatic carbocycles. The Morgan fingerprint density at radius 2 is 1.85 bits per heavy atom. The first-order valence-corrected chi connectivity index (χ1v) is 10.5. The molecule has 2 heterocycles. The smallest absolute Gasteiger partial charge is 0.484 e. The zero-order chi connectivity index (χ0) is 23.6. The number of nitrogens with zero attached hydrogens (tertiary/aromatic N) is 2. The minimum Gasteiger partial charge on any atom is -0.484 e. The lowest BCUT2D eigenvalue weighted by molar-refractivity contribution is -0.352. The summed E-state index contributed by atoms with van der Waals surface area (Å²) in [7, 11) is 0. The molecule has 1 saturated carbocycles. The maximum atomic E-state index is 12.9. The summed E-state index contributed by atoms with van der Waals surface area (Å²) in [5.74, 6) is -0.0447. The van der Waals surface area contributed by atoms with Crippen molar-refractivity contribution in [2.45, 2.75) is 56.7 Å². The molecule has 0 bridgehead atoms. The molecule has 1 amide bonds. The van der Waals surface area contributed by atoms with E-state index in [9.17, 15) is 22.4 Å². The standard InChI is InChI=1S/C21H23F4N3O5/c1-11-6-17(20-28-27-19(32-20)12-7-15(8-12)33-21(23,24)25)31-9-16(11)26-18(29)10-30-14-4-2-13(22)3-5-14/h2-5,11-12,15-17H,6-10H2,1H3,(H,26,29)/t11?,12?,15?,16-,17-/m0/s1. The average Bonchev–Trinajstić information content (AvgIpc) is 3.20. The SMILES string of the molecule is CC1C[C@@H](c2nnc(C3CC(OC(F)(F)F)C3)o2)OC[C@@H]1NC(=O)COc1ccc(F)cc1. The van der Waals surface area contributed by atoms with Crippen molar-refractivity contribution < 1.29 is 41.0 Å². The van der Waals surface area contributed by atoms with E-state index in [-0.39, 0.29) is 61.6 Å². The van der Waals surface area contributed by atoms with E-state index >= 15 is 0 Å². The van der Waals surface area contributed by atoms with Crippen LogP contribution in [0.4, 0.5) is 17.6 Å². The van der Waals surface area contributed by atoms with Crippen molar-refractivity contribution in [2.75, 3.05) is 13.2 Å². The van der Waals surface area contributed by atoms with Crippen LogP contribution in [0.15, 0.2) is 28.7 Å². The number of nitrogens with one attached hydrogen (secondary N) is 1. The number of hydrogen-bond acceptors (Lipinski definition) is 7. The lowest BCUT2D eigenvalue weighted by Crippen LogP contribution is -2.47. The number of carbonyl (C=O) groups excluding carboxylic acids is 1. The van der Waals surface area contributed by atoms with Gasteiger partial charge in [-0.1, -0.05) is 6.92 Å². The third-order valence-corrected chi connectivity index (χ3v) is 5.76. The molecule has 2 aromatic rings. The van der Waals surface area contributed by atoms with Crippen LogP contribution in [-0.2, 0) is 14.3 Å². The van der Waals surface area contributed by atoms with Gasteiger partial charge in [-0.2, -0.15) is 0 Å². The predicted octanol–water partition coefficient (Wildman–Crippen LogP) is 3.65. The Morgan fingerprint density at radius 3 is 2.52 bits per heavy atom. The molecule has 12 heteroatoms. The molecule has 33 heavy (non-hydrogen) atoms. The lowest BCUT2D eigenvalue weighted by atomic mass is 9.82. The summed E-state index contributed by atoms with van der Waals surface area (Å²) in [5.41, 5.74) is 0. The molecule has 1 aliphatic heterocycles. The van der Waals surface area contributed by atoms with E-state index in [2.05, 4.69) is 20.3 Å². The number of ether oxygens (including phenoxy) is 3. The number of rotatable bonds is 7. The fourth-order valence-corrected chi connectivity index (χ4v) is 3.83. The van der Waals surface area contributed by atoms with Crippen molar-refractivity contribution >= 4 is 5.91 Å². The second-order valence-electron chi connectivity index (χ2n) is 8.28. The van der Waals surface area contributed by atoms with E-state index < -0.39 is 24.4 Å². The Labute approximate surface area is 186 Å². The average molecular weight is 473 g/mol. The Kier molecular flexibility index (Phi) is 6.84. The quantitative estimate of drug-likeness (QED) is 0.614. The second-order valence-corrected chi connectivity index (χ2v) is 8.28. The summed E-state index contributed by atoms with van der Waals surface area (Å²) in [5, 5.41) is 10.8. The first kappa shape index (κ1) is 23.4. The van der Waals surface area contributed by atoms with Gasteiger partial charge in [-0.3, -0.25) is 9.53 Å². The number of halogens is 4. The summed E-state index contributed by atoms with van der Waals surface area (Å²) in [6.07, 6.45) is -5.18. The number of alkyl halides is 3. The van der Waals surface area contributed by atoms with Crippen LogP contribution in [0.1, 0.15) is 50.0 Å². The summed E-state index contributed by atoms with van der Waals surface area (Å²) in [6, 6.07) is 5.11. The summed E-state index contributed by atoms with van der Waals surface area (Å²) in [4.78, 5) is 12.2. The zero-order valence-corrected chi connectivity index (χ0v) is 17.7. The van der Waals surface area contributed by atoms with Crippen molar-refractivity contribution in [3.8, 4) is 5.75 Å². The topological polar surface area (TPSA) is 95.7 Å². The van der Waals surface area contributed by atoms with Crippen molar-refractivity contribution in [3.63, 3.8) is 0 Å². The van der Waals surface area contributed by atoms with Crippen LogP contribution < -0.4 is 10.1 Å². The molecule has 1 unspecified atom stereocenters. The lowest BCUT2D eigenvalue weighted by Gasteiger charge is -2.34. The second kappa shape index (κ2) is 9.64. The molecule has 1 saturated heterocycles. The summed E-state index contributed by atoms with van der Waals surface area (Å²) >= 11 is 0. The van der Waals surface area contributed by atoms with Gasteiger partial charge in [0, 0.05) is 5.92 Å². The van der Waals surface area contributed by atoms with E-state index in [0.29, 0.717) is 12.2 Å². The third-order valence-electron chi connectivity index (χ3n) is 5.76.